The molecule has 3 atom stereocenters. The molecule has 1 N–H and O–H groups in total. The fourth-order valence-corrected chi connectivity index (χ4v) is 4.65. The Morgan fingerprint density at radius 2 is 1.97 bits per heavy atom. The van der Waals surface area contributed by atoms with Crippen LogP contribution in [0.15, 0.2) is 36.8 Å². The van der Waals surface area contributed by atoms with E-state index in [4.69, 9.17) is 16.3 Å². The number of anilines is 1. The highest BCUT2D eigenvalue weighted by Crippen LogP contribution is 2.48. The number of carbonyl (C=O) groups excluding carboxylic acids is 2. The van der Waals surface area contributed by atoms with Crippen molar-refractivity contribution in [3.63, 3.8) is 0 Å². The smallest absolute Gasteiger partial charge is 0.310 e. The lowest BCUT2D eigenvalue weighted by atomic mass is 9.99. The maximum atomic E-state index is 15.0. The Hall–Kier alpha value is -3.10. The lowest BCUT2D eigenvalue weighted by Gasteiger charge is -2.12. The van der Waals surface area contributed by atoms with Gasteiger partial charge in [-0.05, 0) is 63.0 Å². The molecule has 2 aromatic heterocycles. The predicted molar refractivity (Wildman–Crippen MR) is 129 cm³/mol. The molecule has 1 saturated carbocycles. The van der Waals surface area contributed by atoms with Gasteiger partial charge in [-0.1, -0.05) is 11.6 Å². The Balaban J connectivity index is 1.63. The molecular weight excluding hydrogens is 459 g/mol. The van der Waals surface area contributed by atoms with Crippen molar-refractivity contribution >= 4 is 40.1 Å². The second kappa shape index (κ2) is 9.64. The highest BCUT2D eigenvalue weighted by molar-refractivity contribution is 6.36. The Labute approximate surface area is 202 Å². The molecule has 0 aliphatic heterocycles. The zero-order valence-electron chi connectivity index (χ0n) is 19.4. The van der Waals surface area contributed by atoms with Crippen LogP contribution in [0.1, 0.15) is 12.5 Å². The van der Waals surface area contributed by atoms with Gasteiger partial charge in [0, 0.05) is 41.6 Å². The van der Waals surface area contributed by atoms with E-state index in [-0.39, 0.29) is 29.4 Å². The molecule has 2 heterocycles. The molecule has 1 aromatic carbocycles. The largest absolute Gasteiger partial charge is 0.466 e. The van der Waals surface area contributed by atoms with Crippen LogP contribution in [0.3, 0.4) is 0 Å². The summed E-state index contributed by atoms with van der Waals surface area (Å²) in [6, 6.07) is 5.12. The van der Waals surface area contributed by atoms with E-state index in [1.807, 2.05) is 25.9 Å². The van der Waals surface area contributed by atoms with E-state index in [9.17, 15) is 9.59 Å². The van der Waals surface area contributed by atoms with Crippen LogP contribution in [0.4, 0.5) is 10.2 Å². The summed E-state index contributed by atoms with van der Waals surface area (Å²) >= 11 is 6.32. The number of hydrogen-bond donors (Lipinski definition) is 1. The Bertz CT molecular complexity index is 1270. The van der Waals surface area contributed by atoms with E-state index in [1.54, 1.807) is 37.5 Å². The van der Waals surface area contributed by atoms with Crippen LogP contribution in [0.25, 0.3) is 21.9 Å². The summed E-state index contributed by atoms with van der Waals surface area (Å²) in [5, 5.41) is 3.82. The van der Waals surface area contributed by atoms with Gasteiger partial charge in [0.1, 0.15) is 11.6 Å². The van der Waals surface area contributed by atoms with Gasteiger partial charge in [-0.15, -0.1) is 0 Å². The van der Waals surface area contributed by atoms with Gasteiger partial charge in [0.05, 0.1) is 23.5 Å². The number of nitrogens with one attached hydrogen (secondary N) is 1. The monoisotopic (exact) mass is 484 g/mol. The number of nitrogens with zero attached hydrogens (tertiary/aromatic N) is 3. The van der Waals surface area contributed by atoms with Gasteiger partial charge in [0.25, 0.3) is 0 Å². The molecule has 0 radical (unpaired) electrons. The maximum absolute atomic E-state index is 15.0. The van der Waals surface area contributed by atoms with E-state index in [0.717, 1.165) is 5.56 Å². The number of esters is 1. The third-order valence-corrected chi connectivity index (χ3v) is 6.46. The number of amides is 1. The number of aryl methyl sites for hydroxylation is 1. The Morgan fingerprint density at radius 3 is 2.65 bits per heavy atom. The zero-order valence-corrected chi connectivity index (χ0v) is 20.2. The van der Waals surface area contributed by atoms with E-state index < -0.39 is 17.7 Å². The number of aromatic nitrogens is 2. The minimum Gasteiger partial charge on any atom is -0.466 e. The van der Waals surface area contributed by atoms with Crippen LogP contribution in [-0.4, -0.2) is 54.0 Å². The number of benzene rings is 1. The molecule has 0 spiro atoms. The highest BCUT2D eigenvalue weighted by Gasteiger charge is 2.59. The van der Waals surface area contributed by atoms with Crippen LogP contribution in [0.2, 0.25) is 5.02 Å². The van der Waals surface area contributed by atoms with Crippen LogP contribution < -0.4 is 5.32 Å². The van der Waals surface area contributed by atoms with Gasteiger partial charge in [-0.25, -0.2) is 9.37 Å². The molecule has 1 amide bonds. The molecule has 1 aliphatic carbocycles. The van der Waals surface area contributed by atoms with Gasteiger partial charge in [0.15, 0.2) is 0 Å². The lowest BCUT2D eigenvalue weighted by molar-refractivity contribution is -0.146. The van der Waals surface area contributed by atoms with Crippen molar-refractivity contribution < 1.29 is 18.7 Å². The minimum atomic E-state index is -0.550. The molecule has 3 aromatic rings. The van der Waals surface area contributed by atoms with Crippen molar-refractivity contribution in [2.75, 3.05) is 32.6 Å². The lowest BCUT2D eigenvalue weighted by Crippen LogP contribution is -2.20. The van der Waals surface area contributed by atoms with E-state index >= 15 is 4.39 Å². The topological polar surface area (TPSA) is 84.4 Å². The number of fused-ring (bicyclic) bond motifs is 1. The molecule has 1 fully saturated rings. The van der Waals surface area contributed by atoms with Crippen molar-refractivity contribution in [1.29, 1.82) is 0 Å². The minimum absolute atomic E-state index is 0.0447. The second-order valence-electron chi connectivity index (χ2n) is 8.75. The first-order chi connectivity index (χ1) is 16.2. The van der Waals surface area contributed by atoms with E-state index in [0.29, 0.717) is 34.3 Å². The number of carbonyl (C=O) groups is 2. The van der Waals surface area contributed by atoms with Crippen molar-refractivity contribution in [1.82, 2.24) is 14.9 Å². The first-order valence-corrected chi connectivity index (χ1v) is 11.4. The first kappa shape index (κ1) is 24.0. The van der Waals surface area contributed by atoms with Gasteiger partial charge in [-0.2, -0.15) is 0 Å². The SMILES string of the molecule is CCOC(=O)C1C(CN(C)C)C1C(=O)Nc1cc2cc(-c3cnccc3C)c(F)c(Cl)c2cn1. The maximum Gasteiger partial charge on any atom is 0.310 e. The van der Waals surface area contributed by atoms with Gasteiger partial charge in [0.2, 0.25) is 5.91 Å². The average molecular weight is 485 g/mol. The summed E-state index contributed by atoms with van der Waals surface area (Å²) in [6.07, 6.45) is 4.67. The summed E-state index contributed by atoms with van der Waals surface area (Å²) in [5.41, 5.74) is 1.81. The number of rotatable bonds is 7. The fraction of sp³-hybridized carbons (Fsp3) is 0.360. The average Bonchev–Trinajstić information content (AvgIpc) is 3.50. The Morgan fingerprint density at radius 1 is 1.21 bits per heavy atom. The van der Waals surface area contributed by atoms with Crippen LogP contribution in [-0.2, 0) is 14.3 Å². The number of halogens is 2. The van der Waals surface area contributed by atoms with Crippen LogP contribution in [0.5, 0.6) is 0 Å². The molecule has 1 aliphatic rings. The first-order valence-electron chi connectivity index (χ1n) is 11.0. The summed E-state index contributed by atoms with van der Waals surface area (Å²) in [6.45, 7) is 4.47. The molecular formula is C25H26ClFN4O3. The van der Waals surface area contributed by atoms with Crippen LogP contribution >= 0.6 is 11.6 Å². The molecule has 4 rings (SSSR count). The fourth-order valence-electron chi connectivity index (χ4n) is 4.39. The van der Waals surface area contributed by atoms with Gasteiger partial charge in [-0.3, -0.25) is 14.6 Å². The molecule has 3 unspecified atom stereocenters. The van der Waals surface area contributed by atoms with Crippen molar-refractivity contribution in [2.45, 2.75) is 13.8 Å². The standard InChI is InChI=1S/C25H26ClFN4O3/c1-5-34-25(33)21-18(12-31(3)4)20(21)24(32)30-19-9-14-8-15(16-10-28-7-6-13(16)2)23(27)22(26)17(14)11-29-19/h6-11,18,20-21H,5,12H2,1-4H3,(H,29,30,32). The number of pyridine rings is 2. The van der Waals surface area contributed by atoms with Gasteiger partial charge < -0.3 is 15.0 Å². The third-order valence-electron chi connectivity index (χ3n) is 6.09. The molecule has 7 nitrogen and oxygen atoms in total. The summed E-state index contributed by atoms with van der Waals surface area (Å²) in [7, 11) is 3.79. The predicted octanol–water partition coefficient (Wildman–Crippen LogP) is 4.32. The summed E-state index contributed by atoms with van der Waals surface area (Å²) < 4.78 is 20.2. The molecule has 0 bridgehead atoms. The second-order valence-corrected chi connectivity index (χ2v) is 9.13. The molecule has 0 saturated heterocycles. The van der Waals surface area contributed by atoms with E-state index in [2.05, 4.69) is 15.3 Å². The highest BCUT2D eigenvalue weighted by atomic mass is 35.5. The summed E-state index contributed by atoms with van der Waals surface area (Å²) in [5.74, 6) is -2.01. The zero-order chi connectivity index (χ0) is 24.6. The normalized spacial score (nSPS) is 19.3. The van der Waals surface area contributed by atoms with Crippen molar-refractivity contribution in [3.05, 3.63) is 53.2 Å². The molecule has 9 heteroatoms. The van der Waals surface area contributed by atoms with Crippen molar-refractivity contribution in [2.24, 2.45) is 17.8 Å². The number of ether oxygens (including phenoxy) is 1. The summed E-state index contributed by atoms with van der Waals surface area (Å²) in [4.78, 5) is 35.6. The van der Waals surface area contributed by atoms with E-state index in [1.165, 1.54) is 6.20 Å². The Kier molecular flexibility index (Phi) is 6.81. The van der Waals surface area contributed by atoms with Gasteiger partial charge >= 0.3 is 5.97 Å². The van der Waals surface area contributed by atoms with Crippen LogP contribution in [0, 0.1) is 30.5 Å². The van der Waals surface area contributed by atoms with Crippen molar-refractivity contribution in [3.8, 4) is 11.1 Å². The quantitative estimate of drug-likeness (QED) is 0.503. The third kappa shape index (κ3) is 4.60. The molecule has 34 heavy (non-hydrogen) atoms. The number of hydrogen-bond acceptors (Lipinski definition) is 6. The molecule has 178 valence electrons.